The molecule has 1 aromatic carbocycles. The van der Waals surface area contributed by atoms with Gasteiger partial charge in [-0.25, -0.2) is 4.98 Å². The van der Waals surface area contributed by atoms with Crippen LogP contribution >= 0.6 is 0 Å². The number of methoxy groups -OCH3 is 1. The quantitative estimate of drug-likeness (QED) is 0.639. The summed E-state index contributed by atoms with van der Waals surface area (Å²) < 4.78 is 4.98. The highest BCUT2D eigenvalue weighted by Gasteiger charge is 2.07. The van der Waals surface area contributed by atoms with Crippen LogP contribution in [-0.2, 0) is 4.74 Å². The number of benzene rings is 1. The Hall–Kier alpha value is -2.60. The number of aromatic nitrogens is 1. The van der Waals surface area contributed by atoms with Crippen LogP contribution in [0.15, 0.2) is 42.6 Å². The molecular formula is C20H28N4O2. The fourth-order valence-electron chi connectivity index (χ4n) is 2.65. The number of carbonyl (C=O) groups excluding carboxylic acids is 1. The van der Waals surface area contributed by atoms with Gasteiger partial charge in [0.25, 0.3) is 5.91 Å². The summed E-state index contributed by atoms with van der Waals surface area (Å²) in [4.78, 5) is 18.8. The Morgan fingerprint density at radius 1 is 1.15 bits per heavy atom. The predicted octanol–water partition coefficient (Wildman–Crippen LogP) is 3.44. The fraction of sp³-hybridized carbons (Fsp3) is 0.400. The molecule has 2 rings (SSSR count). The number of pyridine rings is 1. The molecule has 1 aromatic heterocycles. The van der Waals surface area contributed by atoms with E-state index in [0.717, 1.165) is 25.2 Å². The highest BCUT2D eigenvalue weighted by molar-refractivity contribution is 5.94. The van der Waals surface area contributed by atoms with E-state index in [2.05, 4.69) is 46.5 Å². The predicted molar refractivity (Wildman–Crippen MR) is 106 cm³/mol. The number of nitrogens with zero attached hydrogens (tertiary/aromatic N) is 2. The smallest absolute Gasteiger partial charge is 0.251 e. The summed E-state index contributed by atoms with van der Waals surface area (Å²) >= 11 is 0. The molecule has 0 spiro atoms. The molecule has 140 valence electrons. The van der Waals surface area contributed by atoms with Crippen LogP contribution in [0.2, 0.25) is 0 Å². The summed E-state index contributed by atoms with van der Waals surface area (Å²) in [5.41, 5.74) is 2.71. The van der Waals surface area contributed by atoms with Crippen LogP contribution in [-0.4, -0.2) is 44.2 Å². The zero-order valence-electron chi connectivity index (χ0n) is 15.8. The van der Waals surface area contributed by atoms with Crippen LogP contribution in [0.4, 0.5) is 17.2 Å². The molecule has 1 amide bonds. The Labute approximate surface area is 155 Å². The maximum absolute atomic E-state index is 12.2. The minimum atomic E-state index is -0.108. The second-order valence-corrected chi connectivity index (χ2v) is 5.88. The lowest BCUT2D eigenvalue weighted by Crippen LogP contribution is -2.25. The maximum atomic E-state index is 12.2. The molecule has 2 N–H and O–H groups in total. The molecular weight excluding hydrogens is 328 g/mol. The molecule has 6 nitrogen and oxygen atoms in total. The van der Waals surface area contributed by atoms with Crippen molar-refractivity contribution in [3.05, 3.63) is 48.2 Å². The summed E-state index contributed by atoms with van der Waals surface area (Å²) in [6, 6.07) is 11.7. The maximum Gasteiger partial charge on any atom is 0.251 e. The number of rotatable bonds is 10. The zero-order valence-corrected chi connectivity index (χ0v) is 15.8. The van der Waals surface area contributed by atoms with Crippen molar-refractivity contribution in [1.82, 2.24) is 10.3 Å². The first-order chi connectivity index (χ1) is 12.7. The minimum absolute atomic E-state index is 0.108. The van der Waals surface area contributed by atoms with Gasteiger partial charge in [-0.05, 0) is 56.7 Å². The van der Waals surface area contributed by atoms with Crippen LogP contribution in [0.5, 0.6) is 0 Å². The van der Waals surface area contributed by atoms with Crippen LogP contribution in [0.25, 0.3) is 0 Å². The van der Waals surface area contributed by atoms with Gasteiger partial charge < -0.3 is 20.3 Å². The number of carbonyl (C=O) groups is 1. The van der Waals surface area contributed by atoms with Gasteiger partial charge in [-0.15, -0.1) is 0 Å². The summed E-state index contributed by atoms with van der Waals surface area (Å²) in [5.74, 6) is 0.536. The van der Waals surface area contributed by atoms with Crippen molar-refractivity contribution < 1.29 is 9.53 Å². The lowest BCUT2D eigenvalue weighted by molar-refractivity contribution is 0.0948. The standard InChI is InChI=1S/C20H28N4O2/c1-4-24(5-2)18-9-7-17(8-10-18)23-19-15-16(11-13-21-19)20(25)22-12-6-14-26-3/h7-11,13,15H,4-6,12,14H2,1-3H3,(H,21,23)(H,22,25). The molecule has 0 atom stereocenters. The Kier molecular flexibility index (Phi) is 7.89. The largest absolute Gasteiger partial charge is 0.385 e. The average molecular weight is 356 g/mol. The number of amides is 1. The molecule has 2 aromatic rings. The van der Waals surface area contributed by atoms with Crippen molar-refractivity contribution in [3.8, 4) is 0 Å². The molecule has 0 unspecified atom stereocenters. The summed E-state index contributed by atoms with van der Waals surface area (Å²) in [5, 5.41) is 6.13. The summed E-state index contributed by atoms with van der Waals surface area (Å²) in [6.07, 6.45) is 2.42. The van der Waals surface area contributed by atoms with Gasteiger partial charge in [-0.2, -0.15) is 0 Å². The molecule has 0 fully saturated rings. The second-order valence-electron chi connectivity index (χ2n) is 5.88. The lowest BCUT2D eigenvalue weighted by atomic mass is 10.2. The van der Waals surface area contributed by atoms with E-state index in [0.29, 0.717) is 24.5 Å². The first-order valence-electron chi connectivity index (χ1n) is 9.03. The molecule has 0 aliphatic carbocycles. The SMILES string of the molecule is CCN(CC)c1ccc(Nc2cc(C(=O)NCCCOC)ccn2)cc1. The third-order valence-corrected chi connectivity index (χ3v) is 4.10. The molecule has 0 saturated carbocycles. The van der Waals surface area contributed by atoms with E-state index in [1.54, 1.807) is 25.4 Å². The molecule has 0 radical (unpaired) electrons. The number of ether oxygens (including phenoxy) is 1. The van der Waals surface area contributed by atoms with Crippen molar-refractivity contribution in [1.29, 1.82) is 0 Å². The van der Waals surface area contributed by atoms with Crippen molar-refractivity contribution in [3.63, 3.8) is 0 Å². The third-order valence-electron chi connectivity index (χ3n) is 4.10. The number of hydrogen-bond acceptors (Lipinski definition) is 5. The van der Waals surface area contributed by atoms with Gasteiger partial charge in [-0.3, -0.25) is 4.79 Å². The van der Waals surface area contributed by atoms with Crippen molar-refractivity contribution in [2.75, 3.05) is 43.6 Å². The lowest BCUT2D eigenvalue weighted by Gasteiger charge is -2.21. The highest BCUT2D eigenvalue weighted by Crippen LogP contribution is 2.20. The minimum Gasteiger partial charge on any atom is -0.385 e. The van der Waals surface area contributed by atoms with Crippen LogP contribution in [0, 0.1) is 0 Å². The molecule has 0 saturated heterocycles. The Bertz CT molecular complexity index is 684. The van der Waals surface area contributed by atoms with E-state index in [9.17, 15) is 4.79 Å². The van der Waals surface area contributed by atoms with E-state index in [1.807, 2.05) is 12.1 Å². The van der Waals surface area contributed by atoms with Crippen LogP contribution in [0.1, 0.15) is 30.6 Å². The molecule has 0 aliphatic rings. The Morgan fingerprint density at radius 2 is 1.88 bits per heavy atom. The second kappa shape index (κ2) is 10.4. The van der Waals surface area contributed by atoms with Gasteiger partial charge >= 0.3 is 0 Å². The van der Waals surface area contributed by atoms with E-state index in [1.165, 1.54) is 5.69 Å². The van der Waals surface area contributed by atoms with Crippen LogP contribution < -0.4 is 15.5 Å². The van der Waals surface area contributed by atoms with Gasteiger partial charge in [0, 0.05) is 56.5 Å². The summed E-state index contributed by atoms with van der Waals surface area (Å²) in [6.45, 7) is 7.47. The van der Waals surface area contributed by atoms with Crippen molar-refractivity contribution in [2.45, 2.75) is 20.3 Å². The van der Waals surface area contributed by atoms with E-state index in [4.69, 9.17) is 4.74 Å². The number of nitrogens with one attached hydrogen (secondary N) is 2. The van der Waals surface area contributed by atoms with E-state index >= 15 is 0 Å². The first kappa shape index (κ1) is 19.7. The molecule has 0 aliphatic heterocycles. The average Bonchev–Trinajstić information content (AvgIpc) is 2.67. The van der Waals surface area contributed by atoms with Crippen molar-refractivity contribution in [2.24, 2.45) is 0 Å². The molecule has 6 heteroatoms. The third kappa shape index (κ3) is 5.74. The molecule has 0 bridgehead atoms. The van der Waals surface area contributed by atoms with E-state index in [-0.39, 0.29) is 5.91 Å². The number of hydrogen-bond donors (Lipinski definition) is 2. The van der Waals surface area contributed by atoms with Gasteiger partial charge in [0.2, 0.25) is 0 Å². The van der Waals surface area contributed by atoms with Crippen molar-refractivity contribution >= 4 is 23.1 Å². The van der Waals surface area contributed by atoms with Gasteiger partial charge in [-0.1, -0.05) is 0 Å². The highest BCUT2D eigenvalue weighted by atomic mass is 16.5. The zero-order chi connectivity index (χ0) is 18.8. The first-order valence-corrected chi connectivity index (χ1v) is 9.03. The van der Waals surface area contributed by atoms with Crippen LogP contribution in [0.3, 0.4) is 0 Å². The van der Waals surface area contributed by atoms with Gasteiger partial charge in [0.05, 0.1) is 0 Å². The summed E-state index contributed by atoms with van der Waals surface area (Å²) in [7, 11) is 1.65. The fourth-order valence-corrected chi connectivity index (χ4v) is 2.65. The monoisotopic (exact) mass is 356 g/mol. The normalized spacial score (nSPS) is 10.4. The van der Waals surface area contributed by atoms with Gasteiger partial charge in [0.1, 0.15) is 5.82 Å². The molecule has 26 heavy (non-hydrogen) atoms. The molecule has 1 heterocycles. The Morgan fingerprint density at radius 3 is 2.54 bits per heavy atom. The van der Waals surface area contributed by atoms with E-state index < -0.39 is 0 Å². The topological polar surface area (TPSA) is 66.5 Å². The number of anilines is 3. The van der Waals surface area contributed by atoms with Gasteiger partial charge in [0.15, 0.2) is 0 Å². The Balaban J connectivity index is 1.98.